The molecule has 0 unspecified atom stereocenters. The number of aromatic nitrogens is 2. The van der Waals surface area contributed by atoms with Crippen molar-refractivity contribution in [3.8, 4) is 0 Å². The Morgan fingerprint density at radius 2 is 2.21 bits per heavy atom. The molecule has 1 aliphatic rings. The average Bonchev–Trinajstić information content (AvgIpc) is 3.11. The lowest BCUT2D eigenvalue weighted by molar-refractivity contribution is 0.102. The first-order chi connectivity index (χ1) is 9.15. The molecule has 1 fully saturated rings. The topological polar surface area (TPSA) is 68.0 Å². The summed E-state index contributed by atoms with van der Waals surface area (Å²) in [5.41, 5.74) is 1.45. The van der Waals surface area contributed by atoms with Gasteiger partial charge < -0.3 is 9.73 Å². The average molecular weight is 257 g/mol. The van der Waals surface area contributed by atoms with Crippen LogP contribution in [0, 0.1) is 13.8 Å². The minimum atomic E-state index is -0.170. The van der Waals surface area contributed by atoms with Gasteiger partial charge in [0.05, 0.1) is 11.8 Å². The van der Waals surface area contributed by atoms with Crippen LogP contribution in [-0.4, -0.2) is 15.9 Å². The van der Waals surface area contributed by atoms with E-state index in [2.05, 4.69) is 15.3 Å². The summed E-state index contributed by atoms with van der Waals surface area (Å²) >= 11 is 0. The SMILES string of the molecule is Cc1ncc(C)c(NC(=O)c2ccoc2C2CC2)n1. The van der Waals surface area contributed by atoms with E-state index in [1.807, 2.05) is 6.92 Å². The molecule has 0 bridgehead atoms. The minimum Gasteiger partial charge on any atom is -0.468 e. The highest BCUT2D eigenvalue weighted by atomic mass is 16.3. The molecule has 98 valence electrons. The Morgan fingerprint density at radius 3 is 2.95 bits per heavy atom. The summed E-state index contributed by atoms with van der Waals surface area (Å²) in [5, 5.41) is 2.83. The van der Waals surface area contributed by atoms with E-state index in [1.54, 1.807) is 25.5 Å². The first-order valence-corrected chi connectivity index (χ1v) is 6.34. The van der Waals surface area contributed by atoms with E-state index in [4.69, 9.17) is 4.42 Å². The molecule has 0 aromatic carbocycles. The Balaban J connectivity index is 1.84. The van der Waals surface area contributed by atoms with E-state index in [-0.39, 0.29) is 5.91 Å². The monoisotopic (exact) mass is 257 g/mol. The van der Waals surface area contributed by atoms with Crippen molar-refractivity contribution in [3.63, 3.8) is 0 Å². The number of amides is 1. The molecule has 2 aromatic heterocycles. The van der Waals surface area contributed by atoms with Crippen molar-refractivity contribution in [2.24, 2.45) is 0 Å². The molecule has 0 spiro atoms. The molecular weight excluding hydrogens is 242 g/mol. The van der Waals surface area contributed by atoms with Gasteiger partial charge in [-0.1, -0.05) is 0 Å². The summed E-state index contributed by atoms with van der Waals surface area (Å²) in [6.45, 7) is 3.66. The predicted molar refractivity (Wildman–Crippen MR) is 70.1 cm³/mol. The fourth-order valence-electron chi connectivity index (χ4n) is 2.00. The molecule has 0 atom stereocenters. The lowest BCUT2D eigenvalue weighted by atomic mass is 10.2. The summed E-state index contributed by atoms with van der Waals surface area (Å²) < 4.78 is 5.41. The van der Waals surface area contributed by atoms with Crippen molar-refractivity contribution in [3.05, 3.63) is 41.2 Å². The maximum absolute atomic E-state index is 12.3. The number of nitrogens with zero attached hydrogens (tertiary/aromatic N) is 2. The molecule has 0 saturated heterocycles. The molecule has 0 aliphatic heterocycles. The van der Waals surface area contributed by atoms with E-state index >= 15 is 0 Å². The zero-order valence-electron chi connectivity index (χ0n) is 10.9. The van der Waals surface area contributed by atoms with E-state index in [0.717, 1.165) is 24.2 Å². The summed E-state index contributed by atoms with van der Waals surface area (Å²) in [4.78, 5) is 20.6. The highest BCUT2D eigenvalue weighted by Gasteiger charge is 2.31. The third kappa shape index (κ3) is 2.36. The number of hydrogen-bond donors (Lipinski definition) is 1. The van der Waals surface area contributed by atoms with Crippen molar-refractivity contribution in [1.29, 1.82) is 0 Å². The van der Waals surface area contributed by atoms with Crippen LogP contribution in [0.3, 0.4) is 0 Å². The third-order valence-corrected chi connectivity index (χ3v) is 3.21. The molecule has 1 amide bonds. The number of carbonyl (C=O) groups is 1. The Morgan fingerprint density at radius 1 is 1.42 bits per heavy atom. The van der Waals surface area contributed by atoms with Crippen molar-refractivity contribution in [2.45, 2.75) is 32.6 Å². The summed E-state index contributed by atoms with van der Waals surface area (Å²) in [6.07, 6.45) is 5.47. The molecule has 19 heavy (non-hydrogen) atoms. The fourth-order valence-corrected chi connectivity index (χ4v) is 2.00. The van der Waals surface area contributed by atoms with Crippen LogP contribution in [-0.2, 0) is 0 Å². The molecule has 0 radical (unpaired) electrons. The first-order valence-electron chi connectivity index (χ1n) is 6.34. The molecule has 2 heterocycles. The number of aryl methyl sites for hydroxylation is 2. The van der Waals surface area contributed by atoms with Gasteiger partial charge in [-0.2, -0.15) is 0 Å². The molecular formula is C14H15N3O2. The van der Waals surface area contributed by atoms with E-state index in [0.29, 0.717) is 23.1 Å². The molecule has 3 rings (SSSR count). The predicted octanol–water partition coefficient (Wildman–Crippen LogP) is 2.82. The van der Waals surface area contributed by atoms with Crippen LogP contribution < -0.4 is 5.32 Å². The standard InChI is InChI=1S/C14H15N3O2/c1-8-7-15-9(2)16-13(8)17-14(18)11-5-6-19-12(11)10-3-4-10/h5-7,10H,3-4H2,1-2H3,(H,15,16,17,18). The number of rotatable bonds is 3. The number of carbonyl (C=O) groups excluding carboxylic acids is 1. The molecule has 1 aliphatic carbocycles. The lowest BCUT2D eigenvalue weighted by Gasteiger charge is -2.07. The van der Waals surface area contributed by atoms with Gasteiger partial charge >= 0.3 is 0 Å². The number of furan rings is 1. The van der Waals surface area contributed by atoms with Crippen molar-refractivity contribution in [1.82, 2.24) is 9.97 Å². The van der Waals surface area contributed by atoms with Crippen molar-refractivity contribution < 1.29 is 9.21 Å². The van der Waals surface area contributed by atoms with Crippen LogP contribution in [0.5, 0.6) is 0 Å². The van der Waals surface area contributed by atoms with Gasteiger partial charge in [0.1, 0.15) is 17.4 Å². The Hall–Kier alpha value is -2.17. The molecule has 1 saturated carbocycles. The maximum Gasteiger partial charge on any atom is 0.260 e. The smallest absolute Gasteiger partial charge is 0.260 e. The van der Waals surface area contributed by atoms with Crippen LogP contribution in [0.1, 0.15) is 46.3 Å². The molecule has 1 N–H and O–H groups in total. The van der Waals surface area contributed by atoms with Gasteiger partial charge in [-0.25, -0.2) is 9.97 Å². The van der Waals surface area contributed by atoms with Gasteiger partial charge in [0.25, 0.3) is 5.91 Å². The van der Waals surface area contributed by atoms with E-state index in [1.165, 1.54) is 0 Å². The van der Waals surface area contributed by atoms with Crippen LogP contribution in [0.2, 0.25) is 0 Å². The van der Waals surface area contributed by atoms with Gasteiger partial charge in [-0.05, 0) is 32.8 Å². The van der Waals surface area contributed by atoms with Gasteiger partial charge in [0.2, 0.25) is 0 Å². The second-order valence-corrected chi connectivity index (χ2v) is 4.88. The maximum atomic E-state index is 12.3. The summed E-state index contributed by atoms with van der Waals surface area (Å²) in [6, 6.07) is 1.71. The van der Waals surface area contributed by atoms with Gasteiger partial charge in [0.15, 0.2) is 0 Å². The van der Waals surface area contributed by atoms with Crippen LogP contribution >= 0.6 is 0 Å². The summed E-state index contributed by atoms with van der Waals surface area (Å²) in [5.74, 6) is 2.22. The van der Waals surface area contributed by atoms with Gasteiger partial charge in [-0.15, -0.1) is 0 Å². The Kier molecular flexibility index (Phi) is 2.81. The number of anilines is 1. The van der Waals surface area contributed by atoms with Gasteiger partial charge in [-0.3, -0.25) is 4.79 Å². The van der Waals surface area contributed by atoms with Crippen LogP contribution in [0.15, 0.2) is 22.9 Å². The van der Waals surface area contributed by atoms with Crippen LogP contribution in [0.25, 0.3) is 0 Å². The van der Waals surface area contributed by atoms with E-state index < -0.39 is 0 Å². The fraction of sp³-hybridized carbons (Fsp3) is 0.357. The lowest BCUT2D eigenvalue weighted by Crippen LogP contribution is -2.15. The number of nitrogens with one attached hydrogen (secondary N) is 1. The molecule has 5 nitrogen and oxygen atoms in total. The quantitative estimate of drug-likeness (QED) is 0.918. The highest BCUT2D eigenvalue weighted by molar-refractivity contribution is 6.04. The van der Waals surface area contributed by atoms with Gasteiger partial charge in [0, 0.05) is 17.7 Å². The van der Waals surface area contributed by atoms with Crippen molar-refractivity contribution >= 4 is 11.7 Å². The second-order valence-electron chi connectivity index (χ2n) is 4.88. The molecule has 2 aromatic rings. The zero-order chi connectivity index (χ0) is 13.4. The normalized spacial score (nSPS) is 14.4. The second kappa shape index (κ2) is 4.50. The molecule has 5 heteroatoms. The Bertz CT molecular complexity index is 629. The number of hydrogen-bond acceptors (Lipinski definition) is 4. The van der Waals surface area contributed by atoms with E-state index in [9.17, 15) is 4.79 Å². The third-order valence-electron chi connectivity index (χ3n) is 3.21. The van der Waals surface area contributed by atoms with Crippen molar-refractivity contribution in [2.75, 3.05) is 5.32 Å². The highest BCUT2D eigenvalue weighted by Crippen LogP contribution is 2.42. The summed E-state index contributed by atoms with van der Waals surface area (Å²) in [7, 11) is 0. The van der Waals surface area contributed by atoms with Crippen LogP contribution in [0.4, 0.5) is 5.82 Å². The first kappa shape index (κ1) is 11.9. The Labute approximate surface area is 111 Å². The largest absolute Gasteiger partial charge is 0.468 e. The minimum absolute atomic E-state index is 0.170. The zero-order valence-corrected chi connectivity index (χ0v) is 10.9.